The van der Waals surface area contributed by atoms with E-state index < -0.39 is 0 Å². The number of nitrogens with zero attached hydrogens (tertiary/aromatic N) is 2. The van der Waals surface area contributed by atoms with Gasteiger partial charge in [-0.05, 0) is 31.0 Å². The average molecular weight is 242 g/mol. The van der Waals surface area contributed by atoms with Gasteiger partial charge in [0.25, 0.3) is 0 Å². The van der Waals surface area contributed by atoms with Crippen molar-refractivity contribution in [2.75, 3.05) is 0 Å². The second kappa shape index (κ2) is 4.69. The molecule has 18 heavy (non-hydrogen) atoms. The zero-order chi connectivity index (χ0) is 13.3. The van der Waals surface area contributed by atoms with E-state index in [-0.39, 0.29) is 5.69 Å². The third-order valence-electron chi connectivity index (χ3n) is 3.07. The van der Waals surface area contributed by atoms with Gasteiger partial charge in [-0.3, -0.25) is 9.13 Å². The molecule has 0 aliphatic heterocycles. The Morgan fingerprint density at radius 1 is 1.11 bits per heavy atom. The van der Waals surface area contributed by atoms with Crippen molar-refractivity contribution in [1.29, 1.82) is 0 Å². The highest BCUT2D eigenvalue weighted by atomic mass is 16.1. The monoisotopic (exact) mass is 242 g/mol. The summed E-state index contributed by atoms with van der Waals surface area (Å²) in [6, 6.07) is 4.15. The largest absolute Gasteiger partial charge is 0.329 e. The Kier molecular flexibility index (Phi) is 3.24. The number of aryl methyl sites for hydroxylation is 2. The van der Waals surface area contributed by atoms with Crippen LogP contribution in [0.5, 0.6) is 0 Å². The Labute approximate surface area is 107 Å². The molecule has 0 saturated carbocycles. The van der Waals surface area contributed by atoms with Crippen molar-refractivity contribution < 1.29 is 0 Å². The smallest absolute Gasteiger partial charge is 0.288 e. The van der Waals surface area contributed by atoms with Crippen molar-refractivity contribution in [2.45, 2.75) is 26.9 Å². The number of rotatable bonds is 4. The first-order chi connectivity index (χ1) is 8.60. The quantitative estimate of drug-likeness (QED) is 0.757. The number of aromatic nitrogens is 2. The molecule has 94 valence electrons. The number of hydrogen-bond acceptors (Lipinski definition) is 1. The molecule has 0 N–H and O–H groups in total. The lowest BCUT2D eigenvalue weighted by atomic mass is 10.1. The van der Waals surface area contributed by atoms with Gasteiger partial charge in [-0.1, -0.05) is 18.2 Å². The van der Waals surface area contributed by atoms with Gasteiger partial charge >= 0.3 is 5.69 Å². The topological polar surface area (TPSA) is 26.9 Å². The van der Waals surface area contributed by atoms with E-state index in [1.165, 1.54) is 0 Å². The Morgan fingerprint density at radius 3 is 2.33 bits per heavy atom. The zero-order valence-corrected chi connectivity index (χ0v) is 10.9. The van der Waals surface area contributed by atoms with E-state index in [2.05, 4.69) is 19.2 Å². The Morgan fingerprint density at radius 2 is 1.72 bits per heavy atom. The minimum Gasteiger partial charge on any atom is -0.288 e. The SMILES string of the molecule is C=CCn1c(=O)n(CC=C)c2c(C)cc(C)cc21. The highest BCUT2D eigenvalue weighted by molar-refractivity contribution is 5.80. The van der Waals surface area contributed by atoms with Crippen LogP contribution in [0, 0.1) is 13.8 Å². The summed E-state index contributed by atoms with van der Waals surface area (Å²) >= 11 is 0. The highest BCUT2D eigenvalue weighted by Gasteiger charge is 2.13. The van der Waals surface area contributed by atoms with Gasteiger partial charge in [0, 0.05) is 13.1 Å². The van der Waals surface area contributed by atoms with Crippen LogP contribution in [-0.2, 0) is 13.1 Å². The van der Waals surface area contributed by atoms with E-state index >= 15 is 0 Å². The minimum absolute atomic E-state index is 0.00139. The van der Waals surface area contributed by atoms with Gasteiger partial charge in [0.05, 0.1) is 11.0 Å². The molecule has 0 unspecified atom stereocenters. The predicted octanol–water partition coefficient (Wildman–Crippen LogP) is 2.79. The molecular weight excluding hydrogens is 224 g/mol. The molecule has 3 heteroatoms. The first kappa shape index (κ1) is 12.4. The third kappa shape index (κ3) is 1.82. The lowest BCUT2D eigenvalue weighted by Crippen LogP contribution is -2.23. The maximum Gasteiger partial charge on any atom is 0.329 e. The lowest BCUT2D eigenvalue weighted by Gasteiger charge is -2.04. The number of fused-ring (bicyclic) bond motifs is 1. The maximum atomic E-state index is 12.4. The van der Waals surface area contributed by atoms with Crippen molar-refractivity contribution >= 4 is 11.0 Å². The fourth-order valence-electron chi connectivity index (χ4n) is 2.44. The van der Waals surface area contributed by atoms with Crippen LogP contribution in [0.2, 0.25) is 0 Å². The number of imidazole rings is 1. The Bertz CT molecular complexity index is 674. The first-order valence-electron chi connectivity index (χ1n) is 6.02. The van der Waals surface area contributed by atoms with Gasteiger partial charge < -0.3 is 0 Å². The van der Waals surface area contributed by atoms with E-state index in [4.69, 9.17) is 0 Å². The summed E-state index contributed by atoms with van der Waals surface area (Å²) in [4.78, 5) is 12.4. The van der Waals surface area contributed by atoms with Crippen LogP contribution in [0.25, 0.3) is 11.0 Å². The van der Waals surface area contributed by atoms with Gasteiger partial charge in [-0.2, -0.15) is 0 Å². The molecule has 2 aromatic rings. The molecule has 0 atom stereocenters. The second-order valence-corrected chi connectivity index (χ2v) is 4.53. The molecule has 3 nitrogen and oxygen atoms in total. The zero-order valence-electron chi connectivity index (χ0n) is 10.9. The molecule has 0 aliphatic rings. The van der Waals surface area contributed by atoms with Crippen molar-refractivity contribution in [1.82, 2.24) is 9.13 Å². The molecule has 1 aromatic carbocycles. The van der Waals surface area contributed by atoms with E-state index in [9.17, 15) is 4.79 Å². The normalized spacial score (nSPS) is 10.8. The molecule has 0 aliphatic carbocycles. The summed E-state index contributed by atoms with van der Waals surface area (Å²) in [6.45, 7) is 12.6. The van der Waals surface area contributed by atoms with Gasteiger partial charge in [0.1, 0.15) is 0 Å². The molecule has 0 fully saturated rings. The van der Waals surface area contributed by atoms with Crippen molar-refractivity contribution in [2.24, 2.45) is 0 Å². The van der Waals surface area contributed by atoms with Crippen LogP contribution in [-0.4, -0.2) is 9.13 Å². The van der Waals surface area contributed by atoms with Gasteiger partial charge in [-0.25, -0.2) is 4.79 Å². The molecule has 2 rings (SSSR count). The molecule has 0 amide bonds. The second-order valence-electron chi connectivity index (χ2n) is 4.53. The summed E-state index contributed by atoms with van der Waals surface area (Å²) < 4.78 is 3.52. The maximum absolute atomic E-state index is 12.4. The number of allylic oxidation sites excluding steroid dienone is 2. The molecule has 0 radical (unpaired) electrons. The van der Waals surface area contributed by atoms with Crippen LogP contribution >= 0.6 is 0 Å². The lowest BCUT2D eigenvalue weighted by molar-refractivity contribution is 0.719. The molecule has 1 heterocycles. The van der Waals surface area contributed by atoms with Crippen LogP contribution in [0.3, 0.4) is 0 Å². The van der Waals surface area contributed by atoms with E-state index in [1.54, 1.807) is 21.3 Å². The summed E-state index contributed by atoms with van der Waals surface area (Å²) in [5.41, 5.74) is 4.24. The number of hydrogen-bond donors (Lipinski definition) is 0. The molecule has 0 saturated heterocycles. The summed E-state index contributed by atoms with van der Waals surface area (Å²) in [6.07, 6.45) is 3.50. The van der Waals surface area contributed by atoms with E-state index in [1.807, 2.05) is 19.9 Å². The van der Waals surface area contributed by atoms with Gasteiger partial charge in [0.2, 0.25) is 0 Å². The predicted molar refractivity (Wildman–Crippen MR) is 76.1 cm³/mol. The average Bonchev–Trinajstić information content (AvgIpc) is 2.56. The van der Waals surface area contributed by atoms with Crippen molar-refractivity contribution in [3.63, 3.8) is 0 Å². The summed E-state index contributed by atoms with van der Waals surface area (Å²) in [5.74, 6) is 0. The van der Waals surface area contributed by atoms with Crippen LogP contribution in [0.4, 0.5) is 0 Å². The van der Waals surface area contributed by atoms with E-state index in [0.29, 0.717) is 13.1 Å². The summed E-state index contributed by atoms with van der Waals surface area (Å²) in [5, 5.41) is 0. The number of benzene rings is 1. The van der Waals surface area contributed by atoms with Crippen molar-refractivity contribution in [3.8, 4) is 0 Å². The van der Waals surface area contributed by atoms with Crippen LogP contribution < -0.4 is 5.69 Å². The molecular formula is C15H18N2O. The van der Waals surface area contributed by atoms with Crippen molar-refractivity contribution in [3.05, 3.63) is 59.1 Å². The third-order valence-corrected chi connectivity index (χ3v) is 3.07. The highest BCUT2D eigenvalue weighted by Crippen LogP contribution is 2.20. The van der Waals surface area contributed by atoms with E-state index in [0.717, 1.165) is 22.2 Å². The first-order valence-corrected chi connectivity index (χ1v) is 6.02. The standard InChI is InChI=1S/C15H18N2O/c1-5-7-16-13-10-11(3)9-12(4)14(13)17(8-6-2)15(16)18/h5-6,9-10H,1-2,7-8H2,3-4H3. The minimum atomic E-state index is -0.00139. The van der Waals surface area contributed by atoms with Crippen LogP contribution in [0.1, 0.15) is 11.1 Å². The van der Waals surface area contributed by atoms with Gasteiger partial charge in [-0.15, -0.1) is 13.2 Å². The summed E-state index contributed by atoms with van der Waals surface area (Å²) in [7, 11) is 0. The molecule has 0 spiro atoms. The fraction of sp³-hybridized carbons (Fsp3) is 0.267. The Balaban J connectivity index is 2.91. The van der Waals surface area contributed by atoms with Gasteiger partial charge in [0.15, 0.2) is 0 Å². The molecule has 1 aromatic heterocycles. The fourth-order valence-corrected chi connectivity index (χ4v) is 2.44. The molecule has 0 bridgehead atoms. The Hall–Kier alpha value is -2.03. The van der Waals surface area contributed by atoms with Crippen LogP contribution in [0.15, 0.2) is 42.2 Å².